The minimum atomic E-state index is -0.232. The van der Waals surface area contributed by atoms with E-state index < -0.39 is 0 Å². The van der Waals surface area contributed by atoms with Crippen LogP contribution in [-0.4, -0.2) is 51.4 Å². The standard InChI is InChI=1S/C22H26N2O5/c1-27-13-14-29-19-10-6-17(7-11-19)22(26)24-18-8-4-16(5-9-18)21(25)23-15-20-3-2-12-28-20/h4-11,20H,2-3,12-15H2,1H3,(H,23,25)(H,24,26). The molecule has 1 aliphatic rings. The lowest BCUT2D eigenvalue weighted by molar-refractivity contribution is 0.0857. The van der Waals surface area contributed by atoms with Crippen LogP contribution in [0, 0.1) is 0 Å². The van der Waals surface area contributed by atoms with Crippen LogP contribution in [-0.2, 0) is 9.47 Å². The van der Waals surface area contributed by atoms with E-state index in [1.54, 1.807) is 55.6 Å². The lowest BCUT2D eigenvalue weighted by Gasteiger charge is -2.11. The van der Waals surface area contributed by atoms with Gasteiger partial charge in [-0.15, -0.1) is 0 Å². The average Bonchev–Trinajstić information content (AvgIpc) is 3.27. The molecule has 1 unspecified atom stereocenters. The first-order valence-electron chi connectivity index (χ1n) is 9.69. The first kappa shape index (κ1) is 20.8. The molecular weight excluding hydrogens is 372 g/mol. The van der Waals surface area contributed by atoms with Crippen LogP contribution in [0.5, 0.6) is 5.75 Å². The molecular formula is C22H26N2O5. The van der Waals surface area contributed by atoms with Crippen molar-refractivity contribution in [2.24, 2.45) is 0 Å². The number of nitrogens with one attached hydrogen (secondary N) is 2. The predicted molar refractivity (Wildman–Crippen MR) is 110 cm³/mol. The molecule has 2 aromatic carbocycles. The van der Waals surface area contributed by atoms with Gasteiger partial charge >= 0.3 is 0 Å². The first-order valence-corrected chi connectivity index (χ1v) is 9.69. The van der Waals surface area contributed by atoms with Crippen LogP contribution in [0.4, 0.5) is 5.69 Å². The number of rotatable bonds is 9. The number of carbonyl (C=O) groups excluding carboxylic acids is 2. The summed E-state index contributed by atoms with van der Waals surface area (Å²) in [7, 11) is 1.61. The van der Waals surface area contributed by atoms with Crippen LogP contribution in [0.15, 0.2) is 48.5 Å². The third kappa shape index (κ3) is 6.30. The Hall–Kier alpha value is -2.90. The highest BCUT2D eigenvalue weighted by atomic mass is 16.5. The van der Waals surface area contributed by atoms with Crippen molar-refractivity contribution in [1.82, 2.24) is 5.32 Å². The van der Waals surface area contributed by atoms with Crippen molar-refractivity contribution in [3.8, 4) is 5.75 Å². The summed E-state index contributed by atoms with van der Waals surface area (Å²) in [5, 5.41) is 5.70. The highest BCUT2D eigenvalue weighted by Crippen LogP contribution is 2.15. The minimum Gasteiger partial charge on any atom is -0.491 e. The molecule has 0 bridgehead atoms. The molecule has 7 heteroatoms. The predicted octanol–water partition coefficient (Wildman–Crippen LogP) is 2.87. The number of hydrogen-bond donors (Lipinski definition) is 2. The highest BCUT2D eigenvalue weighted by Gasteiger charge is 2.16. The monoisotopic (exact) mass is 398 g/mol. The van der Waals surface area contributed by atoms with Gasteiger partial charge in [-0.05, 0) is 61.4 Å². The Labute approximate surface area is 170 Å². The topological polar surface area (TPSA) is 85.9 Å². The van der Waals surface area contributed by atoms with E-state index >= 15 is 0 Å². The van der Waals surface area contributed by atoms with Crippen molar-refractivity contribution in [1.29, 1.82) is 0 Å². The molecule has 1 saturated heterocycles. The van der Waals surface area contributed by atoms with Gasteiger partial charge in [0.2, 0.25) is 0 Å². The third-order valence-electron chi connectivity index (χ3n) is 4.59. The van der Waals surface area contributed by atoms with Gasteiger partial charge in [0.05, 0.1) is 12.7 Å². The van der Waals surface area contributed by atoms with Gasteiger partial charge in [-0.3, -0.25) is 9.59 Å². The SMILES string of the molecule is COCCOc1ccc(C(=O)Nc2ccc(C(=O)NCC3CCCO3)cc2)cc1. The van der Waals surface area contributed by atoms with Crippen LogP contribution >= 0.6 is 0 Å². The van der Waals surface area contributed by atoms with Gasteiger partial charge in [-0.2, -0.15) is 0 Å². The van der Waals surface area contributed by atoms with Crippen molar-refractivity contribution in [2.75, 3.05) is 38.8 Å². The largest absolute Gasteiger partial charge is 0.491 e. The Morgan fingerprint density at radius 1 is 1.00 bits per heavy atom. The van der Waals surface area contributed by atoms with E-state index in [1.807, 2.05) is 0 Å². The Kier molecular flexibility index (Phi) is 7.61. The van der Waals surface area contributed by atoms with E-state index in [9.17, 15) is 9.59 Å². The first-order chi connectivity index (χ1) is 14.2. The van der Waals surface area contributed by atoms with Crippen molar-refractivity contribution < 1.29 is 23.8 Å². The van der Waals surface area contributed by atoms with Crippen molar-refractivity contribution in [3.05, 3.63) is 59.7 Å². The molecule has 3 rings (SSSR count). The maximum atomic E-state index is 12.4. The summed E-state index contributed by atoms with van der Waals surface area (Å²) < 4.78 is 15.9. The Bertz CT molecular complexity index is 799. The van der Waals surface area contributed by atoms with E-state index in [-0.39, 0.29) is 17.9 Å². The summed E-state index contributed by atoms with van der Waals surface area (Å²) >= 11 is 0. The van der Waals surface area contributed by atoms with Gasteiger partial charge in [0.1, 0.15) is 12.4 Å². The van der Waals surface area contributed by atoms with Gasteiger partial charge in [-0.25, -0.2) is 0 Å². The number of methoxy groups -OCH3 is 1. The van der Waals surface area contributed by atoms with Crippen molar-refractivity contribution in [2.45, 2.75) is 18.9 Å². The quantitative estimate of drug-likeness (QED) is 0.635. The maximum Gasteiger partial charge on any atom is 0.255 e. The molecule has 0 aliphatic carbocycles. The summed E-state index contributed by atoms with van der Waals surface area (Å²) in [6.45, 7) is 2.24. The Morgan fingerprint density at radius 2 is 1.69 bits per heavy atom. The molecule has 1 aliphatic heterocycles. The normalized spacial score (nSPS) is 15.7. The van der Waals surface area contributed by atoms with Gasteiger partial charge in [0.25, 0.3) is 11.8 Å². The van der Waals surface area contributed by atoms with E-state index in [4.69, 9.17) is 14.2 Å². The number of anilines is 1. The number of amides is 2. The summed E-state index contributed by atoms with van der Waals surface area (Å²) in [6, 6.07) is 13.7. The molecule has 0 saturated carbocycles. The lowest BCUT2D eigenvalue weighted by atomic mass is 10.1. The summed E-state index contributed by atoms with van der Waals surface area (Å²) in [6.07, 6.45) is 2.12. The van der Waals surface area contributed by atoms with Gasteiger partial charge < -0.3 is 24.8 Å². The van der Waals surface area contributed by atoms with E-state index in [2.05, 4.69) is 10.6 Å². The number of ether oxygens (including phenoxy) is 3. The van der Waals surface area contributed by atoms with Crippen molar-refractivity contribution in [3.63, 3.8) is 0 Å². The molecule has 1 heterocycles. The van der Waals surface area contributed by atoms with Crippen LogP contribution < -0.4 is 15.4 Å². The summed E-state index contributed by atoms with van der Waals surface area (Å²) in [5.41, 5.74) is 1.67. The number of benzene rings is 2. The molecule has 2 aromatic rings. The number of carbonyl (C=O) groups is 2. The molecule has 0 aromatic heterocycles. The van der Waals surface area contributed by atoms with Crippen LogP contribution in [0.1, 0.15) is 33.6 Å². The number of hydrogen-bond acceptors (Lipinski definition) is 5. The fraction of sp³-hybridized carbons (Fsp3) is 0.364. The molecule has 2 amide bonds. The summed E-state index contributed by atoms with van der Waals surface area (Å²) in [5.74, 6) is 0.295. The molecule has 154 valence electrons. The average molecular weight is 398 g/mol. The zero-order valence-corrected chi connectivity index (χ0v) is 16.5. The zero-order valence-electron chi connectivity index (χ0n) is 16.5. The smallest absolute Gasteiger partial charge is 0.255 e. The molecule has 1 fully saturated rings. The van der Waals surface area contributed by atoms with E-state index in [1.165, 1.54) is 0 Å². The van der Waals surface area contributed by atoms with Crippen LogP contribution in [0.25, 0.3) is 0 Å². The zero-order chi connectivity index (χ0) is 20.5. The van der Waals surface area contributed by atoms with E-state index in [0.717, 1.165) is 19.4 Å². The highest BCUT2D eigenvalue weighted by molar-refractivity contribution is 6.04. The maximum absolute atomic E-state index is 12.4. The molecule has 1 atom stereocenters. The second kappa shape index (κ2) is 10.6. The third-order valence-corrected chi connectivity index (χ3v) is 4.59. The fourth-order valence-corrected chi connectivity index (χ4v) is 2.97. The van der Waals surface area contributed by atoms with Crippen LogP contribution in [0.2, 0.25) is 0 Å². The Balaban J connectivity index is 1.49. The second-order valence-corrected chi connectivity index (χ2v) is 6.74. The van der Waals surface area contributed by atoms with Gasteiger partial charge in [0.15, 0.2) is 0 Å². The van der Waals surface area contributed by atoms with Crippen molar-refractivity contribution >= 4 is 17.5 Å². The second-order valence-electron chi connectivity index (χ2n) is 6.74. The molecule has 2 N–H and O–H groups in total. The molecule has 0 spiro atoms. The molecule has 0 radical (unpaired) electrons. The van der Waals surface area contributed by atoms with Crippen LogP contribution in [0.3, 0.4) is 0 Å². The lowest BCUT2D eigenvalue weighted by Crippen LogP contribution is -2.31. The molecule has 7 nitrogen and oxygen atoms in total. The fourth-order valence-electron chi connectivity index (χ4n) is 2.97. The Morgan fingerprint density at radius 3 is 2.34 bits per heavy atom. The minimum absolute atomic E-state index is 0.106. The molecule has 29 heavy (non-hydrogen) atoms. The summed E-state index contributed by atoms with van der Waals surface area (Å²) in [4.78, 5) is 24.6. The van der Waals surface area contributed by atoms with Gasteiger partial charge in [0, 0.05) is 37.1 Å². The van der Waals surface area contributed by atoms with E-state index in [0.29, 0.717) is 42.3 Å². The van der Waals surface area contributed by atoms with Gasteiger partial charge in [-0.1, -0.05) is 0 Å².